The summed E-state index contributed by atoms with van der Waals surface area (Å²) < 4.78 is 4.71. The monoisotopic (exact) mass is 174 g/mol. The van der Waals surface area contributed by atoms with Gasteiger partial charge in [0.25, 0.3) is 0 Å². The van der Waals surface area contributed by atoms with Crippen LogP contribution in [0.1, 0.15) is 15.3 Å². The van der Waals surface area contributed by atoms with Crippen molar-refractivity contribution in [2.75, 3.05) is 0 Å². The molecule has 0 aliphatic rings. The van der Waals surface area contributed by atoms with E-state index in [1.54, 1.807) is 13.8 Å². The molecule has 0 aromatic carbocycles. The maximum atomic E-state index is 4.71. The van der Waals surface area contributed by atoms with Gasteiger partial charge in [-0.2, -0.15) is 0 Å². The van der Waals surface area contributed by atoms with E-state index < -0.39 is 0 Å². The Morgan fingerprint density at radius 1 is 1.25 bits per heavy atom. The van der Waals surface area contributed by atoms with Crippen LogP contribution in [0.5, 0.6) is 0 Å². The van der Waals surface area contributed by atoms with Crippen LogP contribution < -0.4 is 51.4 Å². The molecule has 0 aromatic heterocycles. The molecule has 0 fully saturated rings. The fraction of sp³-hybridized carbons (Fsp3) is 0.500. The fourth-order valence-electron chi connectivity index (χ4n) is 0.202. The molecule has 0 N–H and O–H groups in total. The van der Waals surface area contributed by atoms with Crippen molar-refractivity contribution < 1.29 is 57.5 Å². The van der Waals surface area contributed by atoms with E-state index in [1.165, 1.54) is 0 Å². The number of rotatable bonds is 0. The van der Waals surface area contributed by atoms with Gasteiger partial charge in [0.05, 0.1) is 0 Å². The van der Waals surface area contributed by atoms with Gasteiger partial charge < -0.3 is 6.16 Å². The second kappa shape index (κ2) is 6.73. The van der Waals surface area contributed by atoms with Crippen molar-refractivity contribution in [3.05, 3.63) is 0 Å². The van der Waals surface area contributed by atoms with Crippen LogP contribution in [-0.4, -0.2) is 10.1 Å². The first-order valence-electron chi connectivity index (χ1n) is 1.82. The molecule has 0 unspecified atom stereocenters. The van der Waals surface area contributed by atoms with Crippen molar-refractivity contribution in [2.45, 2.75) is 13.8 Å². The van der Waals surface area contributed by atoms with Crippen LogP contribution in [0.2, 0.25) is 0 Å². The molecule has 0 radical (unpaired) electrons. The first-order valence-corrected chi connectivity index (χ1v) is 2.63. The van der Waals surface area contributed by atoms with Crippen LogP contribution >= 0.6 is 24.4 Å². The van der Waals surface area contributed by atoms with E-state index in [4.69, 9.17) is 4.74 Å². The number of thiocarbonyl (C=S) groups is 2. The predicted octanol–water partition coefficient (Wildman–Crippen LogP) is -1.19. The third-order valence-corrected chi connectivity index (χ3v) is 0.454. The summed E-state index contributed by atoms with van der Waals surface area (Å²) in [5, 5.41) is 0.958. The van der Waals surface area contributed by atoms with Crippen LogP contribution in [-0.2, 0) is 4.74 Å². The van der Waals surface area contributed by atoms with Crippen LogP contribution in [0.4, 0.5) is 0 Å². The van der Waals surface area contributed by atoms with Crippen molar-refractivity contribution in [1.29, 1.82) is 0 Å². The molecule has 8 heavy (non-hydrogen) atoms. The molecule has 0 spiro atoms. The summed E-state index contributed by atoms with van der Waals surface area (Å²) in [6.45, 7) is 3.37. The van der Waals surface area contributed by atoms with E-state index in [0.29, 0.717) is 10.1 Å². The van der Waals surface area contributed by atoms with Crippen molar-refractivity contribution in [2.24, 2.45) is 0 Å². The SMILES string of the molecule is CC(=S)OC(C)=S.[H-].[K+]. The quantitative estimate of drug-likeness (QED) is 0.338. The minimum atomic E-state index is 0. The van der Waals surface area contributed by atoms with Crippen LogP contribution in [0.3, 0.4) is 0 Å². The molecule has 0 rings (SSSR count). The van der Waals surface area contributed by atoms with Crippen LogP contribution in [0.15, 0.2) is 0 Å². The van der Waals surface area contributed by atoms with Crippen LogP contribution in [0.25, 0.3) is 0 Å². The molecule has 0 amide bonds. The summed E-state index contributed by atoms with van der Waals surface area (Å²) >= 11 is 9.12. The van der Waals surface area contributed by atoms with Gasteiger partial charge in [0.15, 0.2) is 10.1 Å². The molecule has 42 valence electrons. The third kappa shape index (κ3) is 10.6. The van der Waals surface area contributed by atoms with E-state index in [9.17, 15) is 0 Å². The molecule has 0 aromatic rings. The Labute approximate surface area is 104 Å². The van der Waals surface area contributed by atoms with Gasteiger partial charge >= 0.3 is 51.4 Å². The minimum Gasteiger partial charge on any atom is -1.00 e. The average Bonchev–Trinajstić information content (AvgIpc) is 1.27. The molecule has 0 aliphatic carbocycles. The predicted molar refractivity (Wildman–Crippen MR) is 38.7 cm³/mol. The smallest absolute Gasteiger partial charge is 1.00 e. The molecule has 0 heterocycles. The Hall–Kier alpha value is 1.62. The Kier molecular flexibility index (Phi) is 10.4. The van der Waals surface area contributed by atoms with Gasteiger partial charge in [-0.05, 0) is 24.4 Å². The van der Waals surface area contributed by atoms with Gasteiger partial charge in [0, 0.05) is 13.8 Å². The maximum Gasteiger partial charge on any atom is 1.00 e. The van der Waals surface area contributed by atoms with E-state index in [0.717, 1.165) is 0 Å². The molecule has 0 bridgehead atoms. The van der Waals surface area contributed by atoms with Crippen LogP contribution in [0, 0.1) is 0 Å². The Bertz CT molecular complexity index is 94.7. The largest absolute Gasteiger partial charge is 1.00 e. The van der Waals surface area contributed by atoms with Crippen molar-refractivity contribution in [3.63, 3.8) is 0 Å². The molecule has 0 saturated heterocycles. The van der Waals surface area contributed by atoms with Crippen molar-refractivity contribution in [1.82, 2.24) is 0 Å². The molecule has 0 atom stereocenters. The summed E-state index contributed by atoms with van der Waals surface area (Å²) in [6.07, 6.45) is 0. The summed E-state index contributed by atoms with van der Waals surface area (Å²) in [6, 6.07) is 0. The minimum absolute atomic E-state index is 0. The van der Waals surface area contributed by atoms with Gasteiger partial charge in [-0.15, -0.1) is 0 Å². The zero-order chi connectivity index (χ0) is 5.86. The average molecular weight is 174 g/mol. The Balaban J connectivity index is -0.000000180. The molecule has 0 saturated carbocycles. The zero-order valence-corrected chi connectivity index (χ0v) is 9.98. The first-order chi connectivity index (χ1) is 3.13. The zero-order valence-electron chi connectivity index (χ0n) is 6.22. The molecule has 1 nitrogen and oxygen atoms in total. The Morgan fingerprint density at radius 3 is 1.50 bits per heavy atom. The second-order valence-corrected chi connectivity index (χ2v) is 2.24. The van der Waals surface area contributed by atoms with Crippen molar-refractivity contribution >= 4 is 34.5 Å². The number of hydrogen-bond donors (Lipinski definition) is 0. The van der Waals surface area contributed by atoms with E-state index >= 15 is 0 Å². The summed E-state index contributed by atoms with van der Waals surface area (Å²) in [5.41, 5.74) is 0. The number of ether oxygens (including phenoxy) is 1. The maximum absolute atomic E-state index is 4.71. The van der Waals surface area contributed by atoms with Gasteiger partial charge in [-0.25, -0.2) is 0 Å². The Morgan fingerprint density at radius 2 is 1.50 bits per heavy atom. The second-order valence-electron chi connectivity index (χ2n) is 1.09. The standard InChI is InChI=1S/C4H6OS2.K.H/c1-3(6)5-4(2)7;;/h1-2H3;;/q;+1;-1. The molecular weight excluding hydrogens is 167 g/mol. The molecule has 0 aliphatic heterocycles. The van der Waals surface area contributed by atoms with Gasteiger partial charge in [0.1, 0.15) is 0 Å². The van der Waals surface area contributed by atoms with E-state index in [1.807, 2.05) is 0 Å². The van der Waals surface area contributed by atoms with Gasteiger partial charge in [-0.1, -0.05) is 0 Å². The van der Waals surface area contributed by atoms with Gasteiger partial charge in [0.2, 0.25) is 0 Å². The molecular formula is C4H7KOS2. The van der Waals surface area contributed by atoms with Crippen molar-refractivity contribution in [3.8, 4) is 0 Å². The van der Waals surface area contributed by atoms with E-state index in [2.05, 4.69) is 24.4 Å². The number of hydrogen-bond acceptors (Lipinski definition) is 3. The van der Waals surface area contributed by atoms with E-state index in [-0.39, 0.29) is 52.8 Å². The fourth-order valence-corrected chi connectivity index (χ4v) is 0.505. The first kappa shape index (κ1) is 12.3. The normalized spacial score (nSPS) is 6.75. The third-order valence-electron chi connectivity index (χ3n) is 0.287. The summed E-state index contributed by atoms with van der Waals surface area (Å²) in [5.74, 6) is 0. The summed E-state index contributed by atoms with van der Waals surface area (Å²) in [7, 11) is 0. The summed E-state index contributed by atoms with van der Waals surface area (Å²) in [4.78, 5) is 0. The molecule has 4 heteroatoms. The van der Waals surface area contributed by atoms with Gasteiger partial charge in [-0.3, -0.25) is 0 Å². The topological polar surface area (TPSA) is 9.23 Å².